The number of methoxy groups -OCH3 is 1. The van der Waals surface area contributed by atoms with E-state index in [0.29, 0.717) is 6.42 Å². The van der Waals surface area contributed by atoms with Crippen LogP contribution < -0.4 is 10.1 Å². The second-order valence-corrected chi connectivity index (χ2v) is 8.13. The molecule has 0 aliphatic carbocycles. The molecule has 5 heteroatoms. The van der Waals surface area contributed by atoms with E-state index in [0.717, 1.165) is 38.7 Å². The Balaban J connectivity index is 1.44. The van der Waals surface area contributed by atoms with Crippen LogP contribution in [0.3, 0.4) is 0 Å². The van der Waals surface area contributed by atoms with Gasteiger partial charge in [-0.1, -0.05) is 18.2 Å². The van der Waals surface area contributed by atoms with Gasteiger partial charge in [-0.05, 0) is 73.0 Å². The SMILES string of the molecule is COc1ccc(CC(=O)Nc2ccc(-c3nc4ccc(C)cc4s3)cc2)cc1C. The van der Waals surface area contributed by atoms with Crippen LogP contribution in [0.5, 0.6) is 5.75 Å². The third-order valence-electron chi connectivity index (χ3n) is 4.78. The lowest BCUT2D eigenvalue weighted by molar-refractivity contribution is -0.115. The molecule has 146 valence electrons. The molecule has 0 aliphatic heterocycles. The van der Waals surface area contributed by atoms with E-state index in [4.69, 9.17) is 9.72 Å². The molecule has 4 aromatic rings. The van der Waals surface area contributed by atoms with E-state index in [1.807, 2.05) is 49.4 Å². The lowest BCUT2D eigenvalue weighted by Crippen LogP contribution is -2.14. The molecule has 4 nitrogen and oxygen atoms in total. The van der Waals surface area contributed by atoms with Crippen molar-refractivity contribution in [2.75, 3.05) is 12.4 Å². The van der Waals surface area contributed by atoms with Gasteiger partial charge in [0.15, 0.2) is 0 Å². The number of aromatic nitrogens is 1. The van der Waals surface area contributed by atoms with Crippen LogP contribution in [0.25, 0.3) is 20.8 Å². The molecule has 3 aromatic carbocycles. The van der Waals surface area contributed by atoms with Crippen molar-refractivity contribution < 1.29 is 9.53 Å². The Hall–Kier alpha value is -3.18. The number of rotatable bonds is 5. The predicted molar refractivity (Wildman–Crippen MR) is 120 cm³/mol. The summed E-state index contributed by atoms with van der Waals surface area (Å²) < 4.78 is 6.46. The molecule has 0 fully saturated rings. The maximum atomic E-state index is 12.4. The van der Waals surface area contributed by atoms with Crippen LogP contribution in [0.15, 0.2) is 60.7 Å². The van der Waals surface area contributed by atoms with Gasteiger partial charge in [0, 0.05) is 11.3 Å². The minimum Gasteiger partial charge on any atom is -0.496 e. The van der Waals surface area contributed by atoms with Crippen molar-refractivity contribution in [3.05, 3.63) is 77.4 Å². The Labute approximate surface area is 174 Å². The van der Waals surface area contributed by atoms with Crippen LogP contribution in [0.4, 0.5) is 5.69 Å². The molecule has 0 atom stereocenters. The largest absolute Gasteiger partial charge is 0.496 e. The number of nitrogens with zero attached hydrogens (tertiary/aromatic N) is 1. The highest BCUT2D eigenvalue weighted by atomic mass is 32.1. The molecule has 0 unspecified atom stereocenters. The number of aryl methyl sites for hydroxylation is 2. The van der Waals surface area contributed by atoms with Crippen LogP contribution in [0, 0.1) is 13.8 Å². The quantitative estimate of drug-likeness (QED) is 0.461. The Bertz CT molecular complexity index is 1180. The van der Waals surface area contributed by atoms with Gasteiger partial charge in [-0.15, -0.1) is 11.3 Å². The molecule has 0 bridgehead atoms. The maximum Gasteiger partial charge on any atom is 0.228 e. The molecule has 0 radical (unpaired) electrons. The monoisotopic (exact) mass is 402 g/mol. The van der Waals surface area contributed by atoms with Crippen molar-refractivity contribution in [1.82, 2.24) is 4.98 Å². The minimum absolute atomic E-state index is 0.0437. The van der Waals surface area contributed by atoms with Crippen LogP contribution in [0.1, 0.15) is 16.7 Å². The van der Waals surface area contributed by atoms with Crippen LogP contribution >= 0.6 is 11.3 Å². The summed E-state index contributed by atoms with van der Waals surface area (Å²) in [6, 6.07) is 19.9. The fourth-order valence-electron chi connectivity index (χ4n) is 3.29. The lowest BCUT2D eigenvalue weighted by Gasteiger charge is -2.08. The number of fused-ring (bicyclic) bond motifs is 1. The average Bonchev–Trinajstić information content (AvgIpc) is 3.12. The van der Waals surface area contributed by atoms with Gasteiger partial charge in [-0.2, -0.15) is 0 Å². The van der Waals surface area contributed by atoms with Crippen molar-refractivity contribution in [1.29, 1.82) is 0 Å². The highest BCUT2D eigenvalue weighted by Crippen LogP contribution is 2.31. The zero-order valence-electron chi connectivity index (χ0n) is 16.7. The number of anilines is 1. The third-order valence-corrected chi connectivity index (χ3v) is 5.85. The zero-order valence-corrected chi connectivity index (χ0v) is 17.5. The first-order valence-corrected chi connectivity index (χ1v) is 10.2. The Morgan fingerprint density at radius 3 is 2.55 bits per heavy atom. The number of hydrogen-bond donors (Lipinski definition) is 1. The molecule has 0 aliphatic rings. The number of nitrogens with one attached hydrogen (secondary N) is 1. The second-order valence-electron chi connectivity index (χ2n) is 7.10. The highest BCUT2D eigenvalue weighted by Gasteiger charge is 2.09. The van der Waals surface area contributed by atoms with Gasteiger partial charge in [0.1, 0.15) is 10.8 Å². The molecule has 1 aromatic heterocycles. The fourth-order valence-corrected chi connectivity index (χ4v) is 4.36. The molecular weight excluding hydrogens is 380 g/mol. The molecule has 1 amide bonds. The first-order chi connectivity index (χ1) is 14.0. The van der Waals surface area contributed by atoms with E-state index in [1.165, 1.54) is 10.3 Å². The van der Waals surface area contributed by atoms with E-state index in [-0.39, 0.29) is 5.91 Å². The Morgan fingerprint density at radius 1 is 1.03 bits per heavy atom. The van der Waals surface area contributed by atoms with Gasteiger partial charge in [0.05, 0.1) is 23.7 Å². The first-order valence-electron chi connectivity index (χ1n) is 9.43. The number of benzene rings is 3. The van der Waals surface area contributed by atoms with Crippen LogP contribution in [0.2, 0.25) is 0 Å². The normalized spacial score (nSPS) is 10.9. The van der Waals surface area contributed by atoms with Gasteiger partial charge < -0.3 is 10.1 Å². The van der Waals surface area contributed by atoms with Gasteiger partial charge in [-0.25, -0.2) is 4.98 Å². The molecule has 0 saturated heterocycles. The number of hydrogen-bond acceptors (Lipinski definition) is 4. The van der Waals surface area contributed by atoms with Crippen molar-refractivity contribution in [2.45, 2.75) is 20.3 Å². The molecule has 0 spiro atoms. The Morgan fingerprint density at radius 2 is 1.83 bits per heavy atom. The van der Waals surface area contributed by atoms with Crippen molar-refractivity contribution in [3.8, 4) is 16.3 Å². The second kappa shape index (κ2) is 8.05. The van der Waals surface area contributed by atoms with Crippen molar-refractivity contribution in [2.24, 2.45) is 0 Å². The topological polar surface area (TPSA) is 51.2 Å². The summed E-state index contributed by atoms with van der Waals surface area (Å²) in [5.41, 5.74) is 6.06. The van der Waals surface area contributed by atoms with E-state index < -0.39 is 0 Å². The van der Waals surface area contributed by atoms with E-state index in [1.54, 1.807) is 18.4 Å². The molecular formula is C24H22N2O2S. The van der Waals surface area contributed by atoms with E-state index in [9.17, 15) is 4.79 Å². The number of ether oxygens (including phenoxy) is 1. The summed E-state index contributed by atoms with van der Waals surface area (Å²) in [6.45, 7) is 4.06. The van der Waals surface area contributed by atoms with Crippen molar-refractivity contribution in [3.63, 3.8) is 0 Å². The van der Waals surface area contributed by atoms with E-state index >= 15 is 0 Å². The summed E-state index contributed by atoms with van der Waals surface area (Å²) in [7, 11) is 1.65. The number of thiazole rings is 1. The highest BCUT2D eigenvalue weighted by molar-refractivity contribution is 7.21. The van der Waals surface area contributed by atoms with Crippen LogP contribution in [-0.4, -0.2) is 18.0 Å². The summed E-state index contributed by atoms with van der Waals surface area (Å²) in [6.07, 6.45) is 0.323. The average molecular weight is 403 g/mol. The van der Waals surface area contributed by atoms with Crippen molar-refractivity contribution >= 4 is 33.1 Å². The fraction of sp³-hybridized carbons (Fsp3) is 0.167. The minimum atomic E-state index is -0.0437. The molecule has 0 saturated carbocycles. The van der Waals surface area contributed by atoms with Gasteiger partial charge in [0.25, 0.3) is 0 Å². The molecule has 29 heavy (non-hydrogen) atoms. The van der Waals surface area contributed by atoms with E-state index in [2.05, 4.69) is 30.4 Å². The maximum absolute atomic E-state index is 12.4. The first kappa shape index (κ1) is 19.2. The molecule has 4 rings (SSSR count). The molecule has 1 N–H and O–H groups in total. The Kier molecular flexibility index (Phi) is 5.32. The van der Waals surface area contributed by atoms with Gasteiger partial charge in [0.2, 0.25) is 5.91 Å². The summed E-state index contributed by atoms with van der Waals surface area (Å²) in [5.74, 6) is 0.785. The standard InChI is InChI=1S/C24H22N2O2S/c1-15-4-10-20-22(12-15)29-24(26-20)18-6-8-19(9-7-18)25-23(27)14-17-5-11-21(28-3)16(2)13-17/h4-13H,14H2,1-3H3,(H,25,27). The predicted octanol–water partition coefficient (Wildman–Crippen LogP) is 5.77. The number of carbonyl (C=O) groups is 1. The lowest BCUT2D eigenvalue weighted by atomic mass is 10.1. The zero-order chi connectivity index (χ0) is 20.4. The molecule has 1 heterocycles. The van der Waals surface area contributed by atoms with Crippen LogP contribution in [-0.2, 0) is 11.2 Å². The number of amides is 1. The summed E-state index contributed by atoms with van der Waals surface area (Å²) >= 11 is 1.68. The van der Waals surface area contributed by atoms with Gasteiger partial charge >= 0.3 is 0 Å². The summed E-state index contributed by atoms with van der Waals surface area (Å²) in [4.78, 5) is 17.1. The smallest absolute Gasteiger partial charge is 0.228 e. The van der Waals surface area contributed by atoms with Gasteiger partial charge in [-0.3, -0.25) is 4.79 Å². The third kappa shape index (κ3) is 4.30. The summed E-state index contributed by atoms with van der Waals surface area (Å²) in [5, 5.41) is 3.95. The number of carbonyl (C=O) groups excluding carboxylic acids is 1.